The van der Waals surface area contributed by atoms with Gasteiger partial charge in [-0.2, -0.15) is 0 Å². The minimum Gasteiger partial charge on any atom is -0.345 e. The Kier molecular flexibility index (Phi) is 5.91. The first-order chi connectivity index (χ1) is 10.5. The zero-order valence-corrected chi connectivity index (χ0v) is 14.9. The normalized spacial score (nSPS) is 13.4. The lowest BCUT2D eigenvalue weighted by Crippen LogP contribution is -2.27. The Morgan fingerprint density at radius 3 is 2.64 bits per heavy atom. The Morgan fingerprint density at radius 1 is 1.23 bits per heavy atom. The topological polar surface area (TPSA) is 46.2 Å². The van der Waals surface area contributed by atoms with Gasteiger partial charge in [0.25, 0.3) is 5.91 Å². The molecule has 22 heavy (non-hydrogen) atoms. The summed E-state index contributed by atoms with van der Waals surface area (Å²) in [7, 11) is -1.15. The van der Waals surface area contributed by atoms with Gasteiger partial charge >= 0.3 is 0 Å². The summed E-state index contributed by atoms with van der Waals surface area (Å²) in [6.07, 6.45) is 0. The predicted molar refractivity (Wildman–Crippen MR) is 93.4 cm³/mol. The maximum absolute atomic E-state index is 12.5. The standard InChI is InChI=1S/C17H18BrNO2S/c1-3-22(21)16-10-5-4-9-15(16)17(20)19-12(2)13-7-6-8-14(18)11-13/h4-12H,3H2,1-2H3,(H,19,20)/t12-,22+/m1/s1. The SMILES string of the molecule is CC[S@](=O)c1ccccc1C(=O)N[C@H](C)c1cccc(Br)c1. The largest absolute Gasteiger partial charge is 0.345 e. The van der Waals surface area contributed by atoms with E-state index >= 15 is 0 Å². The molecule has 3 nitrogen and oxygen atoms in total. The van der Waals surface area contributed by atoms with Crippen LogP contribution >= 0.6 is 15.9 Å². The number of rotatable bonds is 5. The van der Waals surface area contributed by atoms with Gasteiger partial charge < -0.3 is 5.32 Å². The molecule has 2 aromatic rings. The van der Waals surface area contributed by atoms with Crippen LogP contribution in [0.25, 0.3) is 0 Å². The summed E-state index contributed by atoms with van der Waals surface area (Å²) >= 11 is 3.43. The molecule has 0 saturated carbocycles. The van der Waals surface area contributed by atoms with Crippen LogP contribution in [0.3, 0.4) is 0 Å². The molecule has 0 aliphatic rings. The molecule has 0 heterocycles. The Bertz CT molecular complexity index is 703. The van der Waals surface area contributed by atoms with Gasteiger partial charge in [-0.05, 0) is 36.8 Å². The van der Waals surface area contributed by atoms with E-state index in [1.807, 2.05) is 38.1 Å². The van der Waals surface area contributed by atoms with E-state index in [0.29, 0.717) is 16.2 Å². The molecule has 1 N–H and O–H groups in total. The van der Waals surface area contributed by atoms with E-state index in [9.17, 15) is 9.00 Å². The molecule has 0 saturated heterocycles. The molecule has 0 fully saturated rings. The summed E-state index contributed by atoms with van der Waals surface area (Å²) in [6, 6.07) is 14.7. The molecule has 2 rings (SSSR count). The van der Waals surface area contributed by atoms with Crippen LogP contribution in [0, 0.1) is 0 Å². The first kappa shape index (κ1) is 16.9. The number of amides is 1. The zero-order chi connectivity index (χ0) is 16.1. The first-order valence-corrected chi connectivity index (χ1v) is 9.18. The van der Waals surface area contributed by atoms with Crippen molar-refractivity contribution in [2.75, 3.05) is 5.75 Å². The molecule has 0 radical (unpaired) electrons. The summed E-state index contributed by atoms with van der Waals surface area (Å²) in [5, 5.41) is 2.96. The van der Waals surface area contributed by atoms with Crippen LogP contribution < -0.4 is 5.32 Å². The van der Waals surface area contributed by atoms with Gasteiger partial charge in [-0.25, -0.2) is 0 Å². The average Bonchev–Trinajstić information content (AvgIpc) is 2.54. The molecule has 0 aliphatic heterocycles. The van der Waals surface area contributed by atoms with Gasteiger partial charge in [-0.3, -0.25) is 9.00 Å². The van der Waals surface area contributed by atoms with Crippen molar-refractivity contribution in [3.05, 3.63) is 64.1 Å². The summed E-state index contributed by atoms with van der Waals surface area (Å²) in [5.41, 5.74) is 1.49. The monoisotopic (exact) mass is 379 g/mol. The molecule has 1 amide bonds. The first-order valence-electron chi connectivity index (χ1n) is 7.06. The van der Waals surface area contributed by atoms with E-state index in [0.717, 1.165) is 10.0 Å². The van der Waals surface area contributed by atoms with Crippen LogP contribution in [-0.4, -0.2) is 15.9 Å². The van der Waals surface area contributed by atoms with Crippen molar-refractivity contribution in [3.8, 4) is 0 Å². The fourth-order valence-corrected chi connectivity index (χ4v) is 3.51. The molecule has 0 unspecified atom stereocenters. The maximum atomic E-state index is 12.5. The summed E-state index contributed by atoms with van der Waals surface area (Å²) in [4.78, 5) is 13.1. The molecule has 2 atom stereocenters. The van der Waals surface area contributed by atoms with E-state index in [2.05, 4.69) is 21.2 Å². The Morgan fingerprint density at radius 2 is 1.95 bits per heavy atom. The van der Waals surface area contributed by atoms with Gasteiger partial charge in [-0.15, -0.1) is 0 Å². The minimum atomic E-state index is -1.15. The van der Waals surface area contributed by atoms with Gasteiger partial charge in [-0.1, -0.05) is 47.1 Å². The van der Waals surface area contributed by atoms with Crippen LogP contribution in [0.1, 0.15) is 35.8 Å². The molecule has 2 aromatic carbocycles. The summed E-state index contributed by atoms with van der Waals surface area (Å²) in [6.45, 7) is 3.77. The molecule has 0 aromatic heterocycles. The van der Waals surface area contributed by atoms with Crippen LogP contribution in [-0.2, 0) is 10.8 Å². The second kappa shape index (κ2) is 7.70. The van der Waals surface area contributed by atoms with Crippen molar-refractivity contribution in [3.63, 3.8) is 0 Å². The molecular formula is C17H18BrNO2S. The number of nitrogens with one attached hydrogen (secondary N) is 1. The van der Waals surface area contributed by atoms with Crippen LogP contribution in [0.2, 0.25) is 0 Å². The molecule has 0 aliphatic carbocycles. The lowest BCUT2D eigenvalue weighted by atomic mass is 10.1. The van der Waals surface area contributed by atoms with Crippen LogP contribution in [0.5, 0.6) is 0 Å². The van der Waals surface area contributed by atoms with Crippen LogP contribution in [0.4, 0.5) is 0 Å². The molecule has 116 valence electrons. The third kappa shape index (κ3) is 4.05. The fourth-order valence-electron chi connectivity index (χ4n) is 2.14. The fraction of sp³-hybridized carbons (Fsp3) is 0.235. The highest BCUT2D eigenvalue weighted by atomic mass is 79.9. The lowest BCUT2D eigenvalue weighted by molar-refractivity contribution is 0.0936. The Labute approximate surface area is 141 Å². The molecule has 5 heteroatoms. The molecule has 0 spiro atoms. The van der Waals surface area contributed by atoms with Crippen LogP contribution in [0.15, 0.2) is 57.9 Å². The Hall–Kier alpha value is -1.46. The van der Waals surface area contributed by atoms with Crippen molar-refractivity contribution < 1.29 is 9.00 Å². The number of hydrogen-bond donors (Lipinski definition) is 1. The molecule has 0 bridgehead atoms. The highest BCUT2D eigenvalue weighted by Crippen LogP contribution is 2.19. The third-order valence-corrected chi connectivity index (χ3v) is 5.20. The number of carbonyl (C=O) groups is 1. The highest BCUT2D eigenvalue weighted by molar-refractivity contribution is 9.10. The zero-order valence-electron chi connectivity index (χ0n) is 12.5. The quantitative estimate of drug-likeness (QED) is 0.850. The van der Waals surface area contributed by atoms with E-state index in [4.69, 9.17) is 0 Å². The summed E-state index contributed by atoms with van der Waals surface area (Å²) in [5.74, 6) is 0.288. The second-order valence-electron chi connectivity index (χ2n) is 4.88. The number of carbonyl (C=O) groups excluding carboxylic acids is 1. The van der Waals surface area contributed by atoms with E-state index in [1.165, 1.54) is 0 Å². The highest BCUT2D eigenvalue weighted by Gasteiger charge is 2.17. The smallest absolute Gasteiger partial charge is 0.252 e. The average molecular weight is 380 g/mol. The van der Waals surface area contributed by atoms with Crippen molar-refractivity contribution in [2.45, 2.75) is 24.8 Å². The van der Waals surface area contributed by atoms with Gasteiger partial charge in [0.1, 0.15) is 0 Å². The van der Waals surface area contributed by atoms with Crippen molar-refractivity contribution in [1.29, 1.82) is 0 Å². The van der Waals surface area contributed by atoms with E-state index in [-0.39, 0.29) is 11.9 Å². The second-order valence-corrected chi connectivity index (χ2v) is 7.50. The third-order valence-electron chi connectivity index (χ3n) is 3.34. The number of hydrogen-bond acceptors (Lipinski definition) is 2. The van der Waals surface area contributed by atoms with Gasteiger partial charge in [0.15, 0.2) is 0 Å². The molecular weight excluding hydrogens is 362 g/mol. The predicted octanol–water partition coefficient (Wildman–Crippen LogP) is 4.07. The lowest BCUT2D eigenvalue weighted by Gasteiger charge is -2.16. The number of halogens is 1. The Balaban J connectivity index is 2.21. The van der Waals surface area contributed by atoms with E-state index in [1.54, 1.807) is 24.3 Å². The van der Waals surface area contributed by atoms with Gasteiger partial charge in [0.05, 0.1) is 27.3 Å². The van der Waals surface area contributed by atoms with E-state index < -0.39 is 10.8 Å². The summed E-state index contributed by atoms with van der Waals surface area (Å²) < 4.78 is 13.0. The van der Waals surface area contributed by atoms with Crippen molar-refractivity contribution in [1.82, 2.24) is 5.32 Å². The number of benzene rings is 2. The van der Waals surface area contributed by atoms with Gasteiger partial charge in [0, 0.05) is 10.2 Å². The minimum absolute atomic E-state index is 0.131. The van der Waals surface area contributed by atoms with Crippen molar-refractivity contribution >= 4 is 32.6 Å². The van der Waals surface area contributed by atoms with Crippen molar-refractivity contribution in [2.24, 2.45) is 0 Å². The maximum Gasteiger partial charge on any atom is 0.252 e. The van der Waals surface area contributed by atoms with Gasteiger partial charge in [0.2, 0.25) is 0 Å².